The molecule has 14 heteroatoms. The van der Waals surface area contributed by atoms with E-state index in [1.165, 1.54) is 10.8 Å². The first-order valence-corrected chi connectivity index (χ1v) is 30.1. The summed E-state index contributed by atoms with van der Waals surface area (Å²) >= 11 is 14.2. The summed E-state index contributed by atoms with van der Waals surface area (Å²) in [6.45, 7) is 3.09. The summed E-state index contributed by atoms with van der Waals surface area (Å²) < 4.78 is 28.3. The number of pyridine rings is 3. The molecule has 9 nitrogen and oxygen atoms in total. The van der Waals surface area contributed by atoms with Crippen LogP contribution in [0.4, 0.5) is 22.7 Å². The van der Waals surface area contributed by atoms with E-state index < -0.39 is 0 Å². The fourth-order valence-corrected chi connectivity index (χ4v) is 10.9. The van der Waals surface area contributed by atoms with Gasteiger partial charge in [-0.25, -0.2) is 0 Å². The Bertz CT molecular complexity index is 3610. The van der Waals surface area contributed by atoms with Gasteiger partial charge in [0.25, 0.3) is 0 Å². The Labute approximate surface area is 540 Å². The van der Waals surface area contributed by atoms with Crippen LogP contribution in [0.1, 0.15) is 34.5 Å². The van der Waals surface area contributed by atoms with E-state index in [9.17, 15) is 0 Å². The number of aromatic nitrogens is 3. The first-order chi connectivity index (χ1) is 40.3. The molecule has 5 heterocycles. The molecule has 0 bridgehead atoms. The molecule has 3 aromatic heterocycles. The van der Waals surface area contributed by atoms with Gasteiger partial charge < -0.3 is 38.7 Å². The average molecular weight is 1550 g/mol. The van der Waals surface area contributed by atoms with Crippen LogP contribution >= 0.6 is 63.7 Å². The van der Waals surface area contributed by atoms with Gasteiger partial charge in [0.15, 0.2) is 23.0 Å². The number of hydrogen-bond acceptors (Lipinski definition) is 9. The predicted octanol–water partition coefficient (Wildman–Crippen LogP) is 21.1. The second-order valence-electron chi connectivity index (χ2n) is 19.1. The molecule has 0 atom stereocenters. The molecular formula is C70H59Br4IrN5O4-2. The molecule has 8 aromatic carbocycles. The predicted molar refractivity (Wildman–Crippen MR) is 353 cm³/mol. The summed E-state index contributed by atoms with van der Waals surface area (Å²) in [5, 5.41) is 2.39. The molecule has 0 spiro atoms. The summed E-state index contributed by atoms with van der Waals surface area (Å²) in [6, 6.07) is 75.1. The third-order valence-electron chi connectivity index (χ3n) is 13.6. The molecule has 0 fully saturated rings. The van der Waals surface area contributed by atoms with Crippen molar-refractivity contribution in [2.24, 2.45) is 0 Å². The molecular weight excluding hydrogens is 1490 g/mol. The van der Waals surface area contributed by atoms with Crippen molar-refractivity contribution in [2.45, 2.75) is 33.1 Å². The standard InChI is InChI=1S/C27H22Br2N2O2.C27H21Br2N2O2.C15H10N.CH4.Ir.H2/c2*28-20-8-12-24-26(17-20)33-27-18-21(29)9-13-25(27)31(24)15-3-4-16-32-22-10-6-19(7-11-22)23-5-1-2-14-30-23;1-2-7-13(8-3-1)15-14-9-5-4-6-12(14)10-11-16-15;;;/h1-2,5-14,17-18H,3-4,15-16H2;1-2,5-6,8-14,17-18H,3-4,15-16H2;1-7,9-11H;1H4;;1H/q;2*-1;;;. The number of halogens is 4. The zero-order valence-corrected chi connectivity index (χ0v) is 53.5. The number of hydrogen-bond donors (Lipinski definition) is 0. The van der Waals surface area contributed by atoms with E-state index in [4.69, 9.17) is 18.9 Å². The minimum atomic E-state index is 0. The van der Waals surface area contributed by atoms with Crippen LogP contribution in [0, 0.1) is 12.1 Å². The molecule has 2 aliphatic rings. The van der Waals surface area contributed by atoms with Crippen molar-refractivity contribution in [1.82, 2.24) is 15.0 Å². The number of rotatable bonds is 15. The van der Waals surface area contributed by atoms with Crippen LogP contribution < -0.4 is 28.7 Å². The molecule has 427 valence electrons. The van der Waals surface area contributed by atoms with E-state index in [0.29, 0.717) is 13.2 Å². The molecule has 0 amide bonds. The monoisotopic (exact) mass is 1540 g/mol. The number of benzene rings is 8. The van der Waals surface area contributed by atoms with Gasteiger partial charge in [0.1, 0.15) is 5.75 Å². The van der Waals surface area contributed by atoms with Gasteiger partial charge in [0, 0.05) is 82.4 Å². The first kappa shape index (κ1) is 61.4. The van der Waals surface area contributed by atoms with Crippen molar-refractivity contribution in [3.8, 4) is 68.3 Å². The Hall–Kier alpha value is -7.16. The molecule has 0 saturated carbocycles. The van der Waals surface area contributed by atoms with Crippen LogP contribution in [0.15, 0.2) is 243 Å². The summed E-state index contributed by atoms with van der Waals surface area (Å²) in [4.78, 5) is 17.8. The first-order valence-electron chi connectivity index (χ1n) is 26.9. The van der Waals surface area contributed by atoms with Crippen molar-refractivity contribution in [1.29, 1.82) is 0 Å². The Balaban J connectivity index is 0.000000172. The van der Waals surface area contributed by atoms with E-state index in [1.54, 1.807) is 6.20 Å². The van der Waals surface area contributed by atoms with Crippen LogP contribution in [-0.4, -0.2) is 41.3 Å². The molecule has 2 aliphatic heterocycles. The van der Waals surface area contributed by atoms with Crippen LogP contribution in [0.3, 0.4) is 0 Å². The van der Waals surface area contributed by atoms with Gasteiger partial charge in [-0.2, -0.15) is 0 Å². The molecule has 84 heavy (non-hydrogen) atoms. The van der Waals surface area contributed by atoms with E-state index in [-0.39, 0.29) is 29.0 Å². The zero-order valence-electron chi connectivity index (χ0n) is 44.7. The van der Waals surface area contributed by atoms with E-state index in [2.05, 4.69) is 161 Å². The Morgan fingerprint density at radius 1 is 0.440 bits per heavy atom. The number of fused-ring (bicyclic) bond motifs is 5. The molecule has 1 radical (unpaired) electrons. The summed E-state index contributed by atoms with van der Waals surface area (Å²) in [6.07, 6.45) is 9.32. The normalized spacial score (nSPS) is 11.4. The summed E-state index contributed by atoms with van der Waals surface area (Å²) in [5.41, 5.74) is 10.3. The molecule has 0 N–H and O–H groups in total. The van der Waals surface area contributed by atoms with Gasteiger partial charge >= 0.3 is 0 Å². The van der Waals surface area contributed by atoms with E-state index >= 15 is 0 Å². The largest absolute Gasteiger partial charge is 0.537 e. The SMILES string of the molecule is Brc1ccc2c(c1)Oc1cc(Br)ccc1N2CCCCOc1c[c-]c(-c2ccccn2)cc1.Brc1ccc2c(c1)Oc1cc(Br)ccc1N2CCCCOc1ccc(-c2ccccn2)cc1.C.[HH].[Ir].[c-]1ccccc1-c1nccc2ccccc12. The van der Waals surface area contributed by atoms with Gasteiger partial charge in [-0.3, -0.25) is 4.98 Å². The maximum Gasteiger partial charge on any atom is 0.152 e. The summed E-state index contributed by atoms with van der Waals surface area (Å²) in [7, 11) is 0. The molecule has 11 aromatic rings. The van der Waals surface area contributed by atoms with Gasteiger partial charge in [-0.1, -0.05) is 114 Å². The maximum atomic E-state index is 6.17. The zero-order chi connectivity index (χ0) is 56.0. The van der Waals surface area contributed by atoms with Gasteiger partial charge in [0.2, 0.25) is 0 Å². The molecule has 0 unspecified atom stereocenters. The van der Waals surface area contributed by atoms with E-state index in [0.717, 1.165) is 148 Å². The van der Waals surface area contributed by atoms with Crippen LogP contribution in [0.2, 0.25) is 0 Å². The second-order valence-corrected chi connectivity index (χ2v) is 22.8. The van der Waals surface area contributed by atoms with Gasteiger partial charge in [0.05, 0.1) is 41.7 Å². The minimum Gasteiger partial charge on any atom is -0.537 e. The Morgan fingerprint density at radius 3 is 1.44 bits per heavy atom. The fourth-order valence-electron chi connectivity index (χ4n) is 9.59. The smallest absolute Gasteiger partial charge is 0.152 e. The van der Waals surface area contributed by atoms with Crippen LogP contribution in [-0.2, 0) is 20.1 Å². The fraction of sp³-hybridized carbons (Fsp3) is 0.129. The maximum absolute atomic E-state index is 6.17. The average Bonchev–Trinajstić information content (AvgIpc) is 2.98. The van der Waals surface area contributed by atoms with Crippen molar-refractivity contribution >= 4 is 97.2 Å². The number of nitrogens with zero attached hydrogens (tertiary/aromatic N) is 5. The van der Waals surface area contributed by atoms with Gasteiger partial charge in [-0.05, 0) is 169 Å². The van der Waals surface area contributed by atoms with Crippen molar-refractivity contribution in [2.75, 3.05) is 36.1 Å². The topological polar surface area (TPSA) is 82.1 Å². The van der Waals surface area contributed by atoms with Crippen molar-refractivity contribution in [3.05, 3.63) is 255 Å². The molecule has 0 aliphatic carbocycles. The van der Waals surface area contributed by atoms with Crippen LogP contribution in [0.5, 0.6) is 34.5 Å². The van der Waals surface area contributed by atoms with Crippen molar-refractivity contribution in [3.63, 3.8) is 0 Å². The Morgan fingerprint density at radius 2 is 0.940 bits per heavy atom. The third kappa shape index (κ3) is 15.6. The number of unbranched alkanes of at least 4 members (excludes halogenated alkanes) is 2. The van der Waals surface area contributed by atoms with E-state index in [1.807, 2.05) is 158 Å². The molecule has 13 rings (SSSR count). The summed E-state index contributed by atoms with van der Waals surface area (Å²) in [5.74, 6) is 5.14. The van der Waals surface area contributed by atoms with Gasteiger partial charge in [-0.15, -0.1) is 65.7 Å². The number of ether oxygens (including phenoxy) is 4. The van der Waals surface area contributed by atoms with Crippen molar-refractivity contribution < 1.29 is 40.5 Å². The molecule has 0 saturated heterocycles. The quantitative estimate of drug-likeness (QED) is 0.0736. The Kier molecular flexibility index (Phi) is 22.0. The van der Waals surface area contributed by atoms with Crippen LogP contribution in [0.25, 0.3) is 44.5 Å². The minimum absolute atomic E-state index is 0. The second kappa shape index (κ2) is 30.1. The third-order valence-corrected chi connectivity index (χ3v) is 15.5. The number of anilines is 4.